The van der Waals surface area contributed by atoms with Crippen LogP contribution in [0, 0.1) is 11.8 Å². The molecule has 0 heterocycles. The summed E-state index contributed by atoms with van der Waals surface area (Å²) in [5.74, 6) is 6.09. The average molecular weight is 169 g/mol. The Morgan fingerprint density at radius 1 is 1.31 bits per heavy atom. The van der Waals surface area contributed by atoms with E-state index in [9.17, 15) is 0 Å². The molecule has 0 amide bonds. The van der Waals surface area contributed by atoms with E-state index in [0.717, 1.165) is 6.42 Å². The lowest BCUT2D eigenvalue weighted by Crippen LogP contribution is -2.28. The van der Waals surface area contributed by atoms with Crippen LogP contribution in [0.25, 0.3) is 11.6 Å². The Bertz CT molecular complexity index is 486. The Kier molecular flexibility index (Phi) is 2.16. The van der Waals surface area contributed by atoms with Gasteiger partial charge in [0, 0.05) is 13.0 Å². The lowest BCUT2D eigenvalue weighted by atomic mass is 10.1. The molecule has 2 N–H and O–H groups in total. The van der Waals surface area contributed by atoms with Gasteiger partial charge in [0.05, 0.1) is 0 Å². The van der Waals surface area contributed by atoms with Crippen molar-refractivity contribution < 1.29 is 0 Å². The van der Waals surface area contributed by atoms with Gasteiger partial charge in [0.1, 0.15) is 0 Å². The molecule has 1 heteroatoms. The van der Waals surface area contributed by atoms with E-state index in [1.165, 1.54) is 16.0 Å². The standard InChI is InChI=1S/C12H11N/c13-9-11-7-2-1-5-10-6-3-4-8-12(10)11/h3-6,8H,7,9,13H2. The highest BCUT2D eigenvalue weighted by molar-refractivity contribution is 5.58. The topological polar surface area (TPSA) is 26.0 Å². The van der Waals surface area contributed by atoms with E-state index in [-0.39, 0.29) is 0 Å². The number of fused-ring (bicyclic) bond motifs is 1. The Labute approximate surface area is 77.6 Å². The monoisotopic (exact) mass is 169 g/mol. The van der Waals surface area contributed by atoms with Gasteiger partial charge in [0.2, 0.25) is 0 Å². The maximum atomic E-state index is 5.67. The van der Waals surface area contributed by atoms with Gasteiger partial charge in [-0.2, -0.15) is 0 Å². The zero-order valence-electron chi connectivity index (χ0n) is 7.38. The summed E-state index contributed by atoms with van der Waals surface area (Å²) in [7, 11) is 0. The number of hydrogen-bond acceptors (Lipinski definition) is 1. The summed E-state index contributed by atoms with van der Waals surface area (Å²) >= 11 is 0. The molecule has 0 unspecified atom stereocenters. The van der Waals surface area contributed by atoms with Crippen LogP contribution in [0.4, 0.5) is 0 Å². The second kappa shape index (κ2) is 3.47. The van der Waals surface area contributed by atoms with Gasteiger partial charge in [-0.25, -0.2) is 0 Å². The van der Waals surface area contributed by atoms with Crippen LogP contribution in [-0.2, 0) is 0 Å². The van der Waals surface area contributed by atoms with Crippen molar-refractivity contribution in [3.63, 3.8) is 0 Å². The van der Waals surface area contributed by atoms with Gasteiger partial charge >= 0.3 is 0 Å². The Morgan fingerprint density at radius 3 is 3.00 bits per heavy atom. The van der Waals surface area contributed by atoms with E-state index in [0.29, 0.717) is 6.54 Å². The lowest BCUT2D eigenvalue weighted by Gasteiger charge is -1.98. The summed E-state index contributed by atoms with van der Waals surface area (Å²) in [6, 6.07) is 8.23. The molecule has 0 radical (unpaired) electrons. The van der Waals surface area contributed by atoms with Gasteiger partial charge in [-0.15, -0.1) is 0 Å². The van der Waals surface area contributed by atoms with Crippen molar-refractivity contribution in [1.82, 2.24) is 0 Å². The summed E-state index contributed by atoms with van der Waals surface area (Å²) in [6.07, 6.45) is 2.75. The first-order valence-corrected chi connectivity index (χ1v) is 4.37. The predicted octanol–water partition coefficient (Wildman–Crippen LogP) is -0.0164. The minimum atomic E-state index is 0.597. The van der Waals surface area contributed by atoms with Crippen LogP contribution in [0.5, 0.6) is 0 Å². The van der Waals surface area contributed by atoms with Gasteiger partial charge in [0.15, 0.2) is 0 Å². The molecule has 1 aromatic carbocycles. The van der Waals surface area contributed by atoms with Crippen molar-refractivity contribution in [1.29, 1.82) is 0 Å². The van der Waals surface area contributed by atoms with Crippen molar-refractivity contribution in [3.05, 3.63) is 34.7 Å². The fourth-order valence-corrected chi connectivity index (χ4v) is 1.51. The highest BCUT2D eigenvalue weighted by atomic mass is 14.5. The third-order valence-electron chi connectivity index (χ3n) is 2.22. The maximum absolute atomic E-state index is 5.67. The van der Waals surface area contributed by atoms with Crippen molar-refractivity contribution in [3.8, 4) is 11.8 Å². The molecule has 0 spiro atoms. The summed E-state index contributed by atoms with van der Waals surface area (Å²) < 4.78 is 0. The maximum Gasteiger partial charge on any atom is 0.0324 e. The van der Waals surface area contributed by atoms with Crippen LogP contribution in [-0.4, -0.2) is 6.54 Å². The van der Waals surface area contributed by atoms with Gasteiger partial charge < -0.3 is 5.73 Å². The zero-order valence-corrected chi connectivity index (χ0v) is 7.38. The van der Waals surface area contributed by atoms with E-state index in [1.807, 2.05) is 18.2 Å². The Morgan fingerprint density at radius 2 is 2.15 bits per heavy atom. The molecule has 1 aliphatic carbocycles. The zero-order chi connectivity index (χ0) is 9.10. The Hall–Kier alpha value is -1.52. The SMILES string of the molecule is NCC1=c2ccccc2=CC#CC1. The average Bonchev–Trinajstić information content (AvgIpc) is 2.39. The molecule has 1 aromatic rings. The first kappa shape index (κ1) is 8.10. The molecule has 1 aliphatic rings. The van der Waals surface area contributed by atoms with Gasteiger partial charge in [0.25, 0.3) is 0 Å². The molecule has 0 aromatic heterocycles. The number of benzene rings is 1. The lowest BCUT2D eigenvalue weighted by molar-refractivity contribution is 1.19. The molecule has 2 rings (SSSR count). The second-order valence-corrected chi connectivity index (χ2v) is 3.04. The van der Waals surface area contributed by atoms with Crippen molar-refractivity contribution in [2.45, 2.75) is 6.42 Å². The van der Waals surface area contributed by atoms with Crippen LogP contribution >= 0.6 is 0 Å². The van der Waals surface area contributed by atoms with Crippen LogP contribution in [0.1, 0.15) is 6.42 Å². The molecule has 0 bridgehead atoms. The highest BCUT2D eigenvalue weighted by Crippen LogP contribution is 1.96. The van der Waals surface area contributed by atoms with Crippen molar-refractivity contribution in [2.75, 3.05) is 6.54 Å². The second-order valence-electron chi connectivity index (χ2n) is 3.04. The fourth-order valence-electron chi connectivity index (χ4n) is 1.51. The van der Waals surface area contributed by atoms with E-state index >= 15 is 0 Å². The third-order valence-corrected chi connectivity index (χ3v) is 2.22. The minimum absolute atomic E-state index is 0.597. The molecule has 0 fully saturated rings. The molecular weight excluding hydrogens is 158 g/mol. The van der Waals surface area contributed by atoms with Crippen LogP contribution < -0.4 is 16.2 Å². The van der Waals surface area contributed by atoms with E-state index in [1.54, 1.807) is 0 Å². The van der Waals surface area contributed by atoms with E-state index < -0.39 is 0 Å². The van der Waals surface area contributed by atoms with Gasteiger partial charge in [-0.1, -0.05) is 36.1 Å². The molecule has 0 saturated carbocycles. The Balaban J connectivity index is 2.83. The smallest absolute Gasteiger partial charge is 0.0324 e. The summed E-state index contributed by atoms with van der Waals surface area (Å²) in [4.78, 5) is 0. The number of nitrogens with two attached hydrogens (primary N) is 1. The molecule has 1 nitrogen and oxygen atoms in total. The highest BCUT2D eigenvalue weighted by Gasteiger charge is 1.96. The van der Waals surface area contributed by atoms with E-state index in [2.05, 4.69) is 24.0 Å². The predicted molar refractivity (Wildman–Crippen MR) is 55.0 cm³/mol. The molecular formula is C12H11N. The van der Waals surface area contributed by atoms with Crippen LogP contribution in [0.2, 0.25) is 0 Å². The fraction of sp³-hybridized carbons (Fsp3) is 0.167. The first-order valence-electron chi connectivity index (χ1n) is 4.37. The summed E-state index contributed by atoms with van der Waals surface area (Å²) in [6.45, 7) is 0.597. The van der Waals surface area contributed by atoms with Crippen LogP contribution in [0.3, 0.4) is 0 Å². The van der Waals surface area contributed by atoms with Gasteiger partial charge in [-0.05, 0) is 22.1 Å². The molecule has 0 saturated heterocycles. The molecule has 0 atom stereocenters. The molecule has 0 aliphatic heterocycles. The summed E-state index contributed by atoms with van der Waals surface area (Å²) in [5, 5.41) is 2.43. The van der Waals surface area contributed by atoms with Crippen molar-refractivity contribution >= 4 is 11.6 Å². The largest absolute Gasteiger partial charge is 0.327 e. The van der Waals surface area contributed by atoms with E-state index in [4.69, 9.17) is 5.73 Å². The van der Waals surface area contributed by atoms with Crippen LogP contribution in [0.15, 0.2) is 24.3 Å². The number of rotatable bonds is 1. The quantitative estimate of drug-likeness (QED) is 0.588. The van der Waals surface area contributed by atoms with Gasteiger partial charge in [-0.3, -0.25) is 0 Å². The normalized spacial score (nSPS) is 13.5. The summed E-state index contributed by atoms with van der Waals surface area (Å²) in [5.41, 5.74) is 6.90. The minimum Gasteiger partial charge on any atom is -0.327 e. The molecule has 64 valence electrons. The van der Waals surface area contributed by atoms with Crippen molar-refractivity contribution in [2.24, 2.45) is 5.73 Å². The molecule has 13 heavy (non-hydrogen) atoms. The third kappa shape index (κ3) is 1.49. The first-order chi connectivity index (χ1) is 6.42. The number of hydrogen-bond donors (Lipinski definition) is 1.